The number of hydrazine groups is 1. The van der Waals surface area contributed by atoms with Crippen molar-refractivity contribution in [2.75, 3.05) is 31.5 Å². The van der Waals surface area contributed by atoms with Gasteiger partial charge in [-0.3, -0.25) is 10.2 Å². The summed E-state index contributed by atoms with van der Waals surface area (Å²) in [5.74, 6) is -0.0155. The number of amides is 3. The van der Waals surface area contributed by atoms with Gasteiger partial charge >= 0.3 is 6.03 Å². The van der Waals surface area contributed by atoms with E-state index in [9.17, 15) is 14.0 Å². The zero-order valence-electron chi connectivity index (χ0n) is 15.0. The van der Waals surface area contributed by atoms with Crippen LogP contribution in [-0.4, -0.2) is 61.1 Å². The Morgan fingerprint density at radius 2 is 1.96 bits per heavy atom. The minimum atomic E-state index is -0.351. The van der Waals surface area contributed by atoms with Crippen molar-refractivity contribution in [2.24, 2.45) is 5.92 Å². The van der Waals surface area contributed by atoms with Gasteiger partial charge in [-0.1, -0.05) is 0 Å². The van der Waals surface area contributed by atoms with Crippen LogP contribution >= 0.6 is 0 Å². The molecule has 3 aliphatic heterocycles. The van der Waals surface area contributed by atoms with E-state index in [4.69, 9.17) is 0 Å². The van der Waals surface area contributed by atoms with E-state index in [1.165, 1.54) is 24.3 Å². The molecule has 0 saturated carbocycles. The Labute approximate surface area is 157 Å². The summed E-state index contributed by atoms with van der Waals surface area (Å²) in [6.07, 6.45) is 1.73. The van der Waals surface area contributed by atoms with E-state index in [-0.39, 0.29) is 35.8 Å². The molecule has 4 rings (SSSR count). The van der Waals surface area contributed by atoms with Gasteiger partial charge in [0, 0.05) is 43.3 Å². The number of benzene rings is 1. The molecule has 0 spiro atoms. The molecule has 3 aliphatic rings. The van der Waals surface area contributed by atoms with Crippen LogP contribution in [0.3, 0.4) is 0 Å². The number of hydrogen-bond acceptors (Lipinski definition) is 5. The molecule has 1 aromatic rings. The molecule has 3 amide bonds. The first-order valence-corrected chi connectivity index (χ1v) is 9.44. The number of nitrogens with one attached hydrogen (secondary N) is 5. The number of urea groups is 1. The van der Waals surface area contributed by atoms with Crippen molar-refractivity contribution < 1.29 is 14.0 Å². The number of anilines is 1. The third kappa shape index (κ3) is 4.05. The Morgan fingerprint density at radius 3 is 2.78 bits per heavy atom. The van der Waals surface area contributed by atoms with Crippen LogP contribution in [0.15, 0.2) is 24.3 Å². The van der Waals surface area contributed by atoms with Crippen molar-refractivity contribution in [3.05, 3.63) is 30.1 Å². The smallest absolute Gasteiger partial charge is 0.319 e. The fraction of sp³-hybridized carbons (Fsp3) is 0.556. The minimum Gasteiger partial charge on any atom is -0.339 e. The van der Waals surface area contributed by atoms with Gasteiger partial charge in [0.2, 0.25) is 5.91 Å². The molecule has 0 bridgehead atoms. The van der Waals surface area contributed by atoms with Crippen LogP contribution in [0.2, 0.25) is 0 Å². The van der Waals surface area contributed by atoms with Crippen molar-refractivity contribution in [3.63, 3.8) is 0 Å². The molecular formula is C18H25FN6O2. The SMILES string of the molecule is O=C(Nc1ccc(F)cc1)NC1CCN(C(=O)C2NNC3CCNCC32)C1. The van der Waals surface area contributed by atoms with Gasteiger partial charge in [-0.2, -0.15) is 0 Å². The Morgan fingerprint density at radius 1 is 1.15 bits per heavy atom. The molecule has 8 nitrogen and oxygen atoms in total. The van der Waals surface area contributed by atoms with Crippen LogP contribution in [-0.2, 0) is 4.79 Å². The van der Waals surface area contributed by atoms with E-state index in [2.05, 4.69) is 26.8 Å². The number of fused-ring (bicyclic) bond motifs is 1. The summed E-state index contributed by atoms with van der Waals surface area (Å²) in [6, 6.07) is 5.26. The van der Waals surface area contributed by atoms with E-state index in [1.807, 2.05) is 4.90 Å². The fourth-order valence-corrected chi connectivity index (χ4v) is 4.12. The first kappa shape index (κ1) is 18.1. The van der Waals surface area contributed by atoms with E-state index >= 15 is 0 Å². The van der Waals surface area contributed by atoms with E-state index in [1.54, 1.807) is 0 Å². The van der Waals surface area contributed by atoms with Gasteiger partial charge in [-0.05, 0) is 43.7 Å². The largest absolute Gasteiger partial charge is 0.339 e. The average Bonchev–Trinajstić information content (AvgIpc) is 3.30. The van der Waals surface area contributed by atoms with Gasteiger partial charge in [0.25, 0.3) is 0 Å². The molecule has 146 valence electrons. The molecule has 1 aromatic carbocycles. The fourth-order valence-electron chi connectivity index (χ4n) is 4.12. The molecule has 4 unspecified atom stereocenters. The third-order valence-electron chi connectivity index (χ3n) is 5.58. The molecular weight excluding hydrogens is 351 g/mol. The lowest BCUT2D eigenvalue weighted by Gasteiger charge is -2.29. The lowest BCUT2D eigenvalue weighted by atomic mass is 9.89. The van der Waals surface area contributed by atoms with Gasteiger partial charge in [0.15, 0.2) is 0 Å². The summed E-state index contributed by atoms with van der Waals surface area (Å²) < 4.78 is 12.9. The number of carbonyl (C=O) groups excluding carboxylic acids is 2. The van der Waals surface area contributed by atoms with Crippen molar-refractivity contribution in [2.45, 2.75) is 31.0 Å². The molecule has 3 fully saturated rings. The van der Waals surface area contributed by atoms with Gasteiger partial charge in [-0.15, -0.1) is 0 Å². The normalized spacial score (nSPS) is 30.0. The van der Waals surface area contributed by atoms with Crippen molar-refractivity contribution >= 4 is 17.6 Å². The van der Waals surface area contributed by atoms with Gasteiger partial charge in [-0.25, -0.2) is 14.6 Å². The first-order valence-electron chi connectivity index (χ1n) is 9.44. The van der Waals surface area contributed by atoms with Crippen LogP contribution in [0.4, 0.5) is 14.9 Å². The third-order valence-corrected chi connectivity index (χ3v) is 5.58. The van der Waals surface area contributed by atoms with Crippen LogP contribution in [0.25, 0.3) is 0 Å². The molecule has 0 aliphatic carbocycles. The van der Waals surface area contributed by atoms with Crippen molar-refractivity contribution in [3.8, 4) is 0 Å². The number of hydrogen-bond donors (Lipinski definition) is 5. The highest BCUT2D eigenvalue weighted by molar-refractivity contribution is 5.89. The highest BCUT2D eigenvalue weighted by atomic mass is 19.1. The highest BCUT2D eigenvalue weighted by Crippen LogP contribution is 2.23. The van der Waals surface area contributed by atoms with Crippen LogP contribution in [0.5, 0.6) is 0 Å². The number of carbonyl (C=O) groups is 2. The summed E-state index contributed by atoms with van der Waals surface area (Å²) >= 11 is 0. The average molecular weight is 376 g/mol. The topological polar surface area (TPSA) is 97.5 Å². The minimum absolute atomic E-state index is 0.0851. The van der Waals surface area contributed by atoms with E-state index in [0.29, 0.717) is 24.8 Å². The Kier molecular flexibility index (Phi) is 5.24. The number of nitrogens with zero attached hydrogens (tertiary/aromatic N) is 1. The summed E-state index contributed by atoms with van der Waals surface area (Å²) in [7, 11) is 0. The number of rotatable bonds is 3. The van der Waals surface area contributed by atoms with Crippen LogP contribution in [0.1, 0.15) is 12.8 Å². The van der Waals surface area contributed by atoms with Crippen molar-refractivity contribution in [1.82, 2.24) is 26.4 Å². The van der Waals surface area contributed by atoms with Crippen molar-refractivity contribution in [1.29, 1.82) is 0 Å². The molecule has 4 atom stereocenters. The second kappa shape index (κ2) is 7.79. The van der Waals surface area contributed by atoms with Gasteiger partial charge in [0.1, 0.15) is 11.9 Å². The van der Waals surface area contributed by atoms with Crippen LogP contribution in [0, 0.1) is 11.7 Å². The highest BCUT2D eigenvalue weighted by Gasteiger charge is 2.43. The second-order valence-corrected chi connectivity index (χ2v) is 7.40. The first-order chi connectivity index (χ1) is 13.1. The summed E-state index contributed by atoms with van der Waals surface area (Å²) in [5.41, 5.74) is 6.93. The molecule has 5 N–H and O–H groups in total. The summed E-state index contributed by atoms with van der Waals surface area (Å²) in [5, 5.41) is 8.92. The van der Waals surface area contributed by atoms with Gasteiger partial charge in [0.05, 0.1) is 0 Å². The molecule has 3 saturated heterocycles. The molecule has 3 heterocycles. The standard InChI is InChI=1S/C18H25FN6O2/c19-11-1-3-12(4-2-11)21-18(27)22-13-6-8-25(10-13)17(26)16-14-9-20-7-5-15(14)23-24-16/h1-4,13-16,20,23-24H,5-10H2,(H2,21,22,27). The summed E-state index contributed by atoms with van der Waals surface area (Å²) in [4.78, 5) is 26.8. The zero-order valence-corrected chi connectivity index (χ0v) is 15.0. The Hall–Kier alpha value is -2.23. The van der Waals surface area contributed by atoms with Crippen LogP contribution < -0.4 is 26.8 Å². The predicted molar refractivity (Wildman–Crippen MR) is 98.4 cm³/mol. The maximum atomic E-state index is 12.9. The lowest BCUT2D eigenvalue weighted by molar-refractivity contribution is -0.133. The number of piperidine rings is 1. The lowest BCUT2D eigenvalue weighted by Crippen LogP contribution is -2.50. The number of likely N-dealkylation sites (tertiary alicyclic amines) is 1. The maximum Gasteiger partial charge on any atom is 0.319 e. The Bertz CT molecular complexity index is 700. The maximum absolute atomic E-state index is 12.9. The van der Waals surface area contributed by atoms with E-state index < -0.39 is 0 Å². The molecule has 27 heavy (non-hydrogen) atoms. The molecule has 9 heteroatoms. The quantitative estimate of drug-likeness (QED) is 0.512. The molecule has 0 aromatic heterocycles. The summed E-state index contributed by atoms with van der Waals surface area (Å²) in [6.45, 7) is 2.92. The monoisotopic (exact) mass is 376 g/mol. The second-order valence-electron chi connectivity index (χ2n) is 7.40. The van der Waals surface area contributed by atoms with Gasteiger partial charge < -0.3 is 20.9 Å². The molecule has 0 radical (unpaired) electrons. The predicted octanol–water partition coefficient (Wildman–Crippen LogP) is 0.00260. The number of halogens is 1. The zero-order chi connectivity index (χ0) is 18.8. The Balaban J connectivity index is 1.27. The van der Waals surface area contributed by atoms with E-state index in [0.717, 1.165) is 25.9 Å².